The van der Waals surface area contributed by atoms with Crippen molar-refractivity contribution in [1.29, 1.82) is 5.26 Å². The first kappa shape index (κ1) is 20.3. The molecule has 6 nitrogen and oxygen atoms in total. The van der Waals surface area contributed by atoms with Gasteiger partial charge < -0.3 is 10.2 Å². The third-order valence-electron chi connectivity index (χ3n) is 5.50. The van der Waals surface area contributed by atoms with Crippen LogP contribution in [-0.2, 0) is 6.42 Å². The molecule has 0 atom stereocenters. The average Bonchev–Trinajstić information content (AvgIpc) is 3.24. The van der Waals surface area contributed by atoms with Crippen molar-refractivity contribution < 1.29 is 4.79 Å². The van der Waals surface area contributed by atoms with E-state index >= 15 is 0 Å². The van der Waals surface area contributed by atoms with E-state index in [0.717, 1.165) is 49.8 Å². The second-order valence-electron chi connectivity index (χ2n) is 7.39. The number of hydrogen-bond acceptors (Lipinski definition) is 6. The summed E-state index contributed by atoms with van der Waals surface area (Å²) in [6.45, 7) is 7.44. The molecule has 30 heavy (non-hydrogen) atoms. The molecular formula is C23H25N5OS. The van der Waals surface area contributed by atoms with E-state index in [2.05, 4.69) is 46.3 Å². The number of anilines is 1. The van der Waals surface area contributed by atoms with Crippen molar-refractivity contribution >= 4 is 32.6 Å². The second-order valence-corrected chi connectivity index (χ2v) is 8.40. The molecule has 0 saturated carbocycles. The van der Waals surface area contributed by atoms with Gasteiger partial charge in [-0.25, -0.2) is 4.98 Å². The Labute approximate surface area is 180 Å². The van der Waals surface area contributed by atoms with Gasteiger partial charge in [0.25, 0.3) is 5.91 Å². The maximum absolute atomic E-state index is 12.2. The van der Waals surface area contributed by atoms with Crippen molar-refractivity contribution in [3.05, 3.63) is 59.2 Å². The maximum Gasteiger partial charge on any atom is 0.251 e. The molecule has 0 spiro atoms. The monoisotopic (exact) mass is 419 g/mol. The minimum absolute atomic E-state index is 0.0978. The molecule has 154 valence electrons. The number of hydrogen-bond donors (Lipinski definition) is 1. The van der Waals surface area contributed by atoms with E-state index in [9.17, 15) is 4.79 Å². The van der Waals surface area contributed by atoms with Crippen LogP contribution >= 0.6 is 11.3 Å². The molecule has 2 aromatic carbocycles. The number of piperazine rings is 1. The van der Waals surface area contributed by atoms with Gasteiger partial charge in [-0.05, 0) is 42.3 Å². The van der Waals surface area contributed by atoms with Gasteiger partial charge in [0.2, 0.25) is 0 Å². The normalized spacial score (nSPS) is 14.6. The number of carbonyl (C=O) groups is 1. The number of thiazole rings is 1. The van der Waals surface area contributed by atoms with Gasteiger partial charge in [-0.15, -0.1) is 0 Å². The van der Waals surface area contributed by atoms with E-state index in [1.54, 1.807) is 35.6 Å². The van der Waals surface area contributed by atoms with Crippen molar-refractivity contribution in [3.8, 4) is 6.07 Å². The molecule has 0 bridgehead atoms. The highest BCUT2D eigenvalue weighted by molar-refractivity contribution is 7.22. The maximum atomic E-state index is 12.2. The first-order valence-electron chi connectivity index (χ1n) is 10.3. The number of benzene rings is 2. The number of para-hydroxylation sites is 1. The molecule has 4 rings (SSSR count). The zero-order chi connectivity index (χ0) is 20.9. The zero-order valence-electron chi connectivity index (χ0n) is 17.1. The number of amides is 1. The molecule has 3 aromatic rings. The van der Waals surface area contributed by atoms with Crippen LogP contribution in [0.25, 0.3) is 10.2 Å². The summed E-state index contributed by atoms with van der Waals surface area (Å²) in [6, 6.07) is 15.2. The molecule has 1 aliphatic heterocycles. The van der Waals surface area contributed by atoms with Crippen LogP contribution < -0.4 is 10.2 Å². The highest BCUT2D eigenvalue weighted by Gasteiger charge is 2.20. The molecule has 7 heteroatoms. The molecule has 2 heterocycles. The number of carbonyl (C=O) groups excluding carboxylic acids is 1. The molecule has 1 aromatic heterocycles. The third-order valence-corrected chi connectivity index (χ3v) is 6.59. The fourth-order valence-corrected chi connectivity index (χ4v) is 4.77. The minimum Gasteiger partial charge on any atom is -0.351 e. The van der Waals surface area contributed by atoms with Crippen molar-refractivity contribution in [2.75, 3.05) is 44.2 Å². The van der Waals surface area contributed by atoms with Crippen molar-refractivity contribution in [1.82, 2.24) is 15.2 Å². The van der Waals surface area contributed by atoms with Crippen molar-refractivity contribution in [2.24, 2.45) is 0 Å². The summed E-state index contributed by atoms with van der Waals surface area (Å²) < 4.78 is 1.26. The molecule has 1 aliphatic rings. The number of nitrogens with one attached hydrogen (secondary N) is 1. The summed E-state index contributed by atoms with van der Waals surface area (Å²) in [5.41, 5.74) is 3.60. The lowest BCUT2D eigenvalue weighted by atomic mass is 10.1. The SMILES string of the molecule is CCc1cccc2sc(N3CCN(CCNC(=O)c4ccc(C#N)cc4)CC3)nc12. The smallest absolute Gasteiger partial charge is 0.251 e. The van der Waals surface area contributed by atoms with E-state index in [1.165, 1.54) is 10.3 Å². The van der Waals surface area contributed by atoms with Gasteiger partial charge in [-0.2, -0.15) is 5.26 Å². The standard InChI is InChI=1S/C23H25N5OS/c1-2-18-4-3-5-20-21(18)26-23(30-20)28-14-12-27(13-15-28)11-10-25-22(29)19-8-6-17(16-24)7-9-19/h3-9H,2,10-15H2,1H3,(H,25,29). The summed E-state index contributed by atoms with van der Waals surface area (Å²) in [6.07, 6.45) is 1.00. The molecule has 1 amide bonds. The van der Waals surface area contributed by atoms with Gasteiger partial charge in [0, 0.05) is 44.8 Å². The third kappa shape index (κ3) is 4.45. The lowest BCUT2D eigenvalue weighted by molar-refractivity contribution is 0.0948. The number of nitrogens with zero attached hydrogens (tertiary/aromatic N) is 4. The topological polar surface area (TPSA) is 72.3 Å². The Hall–Kier alpha value is -2.95. The van der Waals surface area contributed by atoms with E-state index in [0.29, 0.717) is 17.7 Å². The predicted octanol–water partition coefficient (Wildman–Crippen LogP) is 3.28. The molecule has 0 unspecified atom stereocenters. The van der Waals surface area contributed by atoms with Gasteiger partial charge >= 0.3 is 0 Å². The van der Waals surface area contributed by atoms with Gasteiger partial charge in [0.15, 0.2) is 5.13 Å². The Morgan fingerprint density at radius 3 is 2.63 bits per heavy atom. The first-order chi connectivity index (χ1) is 14.7. The largest absolute Gasteiger partial charge is 0.351 e. The Balaban J connectivity index is 1.26. The summed E-state index contributed by atoms with van der Waals surface area (Å²) in [5.74, 6) is -0.0978. The molecule has 1 saturated heterocycles. The van der Waals surface area contributed by atoms with E-state index < -0.39 is 0 Å². The van der Waals surface area contributed by atoms with Gasteiger partial charge in [-0.1, -0.05) is 30.4 Å². The van der Waals surface area contributed by atoms with E-state index in [-0.39, 0.29) is 5.91 Å². The number of aryl methyl sites for hydroxylation is 1. The summed E-state index contributed by atoms with van der Waals surface area (Å²) >= 11 is 1.78. The van der Waals surface area contributed by atoms with Crippen LogP contribution in [-0.4, -0.2) is 55.1 Å². The molecule has 1 N–H and O–H groups in total. The minimum atomic E-state index is -0.0978. The number of rotatable bonds is 6. The summed E-state index contributed by atoms with van der Waals surface area (Å²) in [4.78, 5) is 21.9. The van der Waals surface area contributed by atoms with Crippen LogP contribution in [0.1, 0.15) is 28.4 Å². The van der Waals surface area contributed by atoms with Crippen LogP contribution in [0.2, 0.25) is 0 Å². The predicted molar refractivity (Wildman–Crippen MR) is 121 cm³/mol. The number of fused-ring (bicyclic) bond motifs is 1. The second kappa shape index (κ2) is 9.24. The zero-order valence-corrected chi connectivity index (χ0v) is 17.9. The van der Waals surface area contributed by atoms with Gasteiger partial charge in [-0.3, -0.25) is 9.69 Å². The fourth-order valence-electron chi connectivity index (χ4n) is 3.70. The first-order valence-corrected chi connectivity index (χ1v) is 11.1. The Morgan fingerprint density at radius 1 is 1.17 bits per heavy atom. The number of aromatic nitrogens is 1. The van der Waals surface area contributed by atoms with Crippen molar-refractivity contribution in [2.45, 2.75) is 13.3 Å². The Kier molecular flexibility index (Phi) is 6.26. The van der Waals surface area contributed by atoms with E-state index in [1.807, 2.05) is 0 Å². The molecular weight excluding hydrogens is 394 g/mol. The Morgan fingerprint density at radius 2 is 1.93 bits per heavy atom. The fraction of sp³-hybridized carbons (Fsp3) is 0.348. The van der Waals surface area contributed by atoms with E-state index in [4.69, 9.17) is 10.2 Å². The summed E-state index contributed by atoms with van der Waals surface area (Å²) in [5, 5.41) is 12.9. The lowest BCUT2D eigenvalue weighted by Gasteiger charge is -2.34. The van der Waals surface area contributed by atoms with Crippen LogP contribution in [0, 0.1) is 11.3 Å². The molecule has 1 fully saturated rings. The molecule has 0 aliphatic carbocycles. The average molecular weight is 420 g/mol. The quantitative estimate of drug-likeness (QED) is 0.664. The van der Waals surface area contributed by atoms with Crippen LogP contribution in [0.4, 0.5) is 5.13 Å². The Bertz CT molecular complexity index is 1060. The van der Waals surface area contributed by atoms with Crippen LogP contribution in [0.5, 0.6) is 0 Å². The van der Waals surface area contributed by atoms with Gasteiger partial charge in [0.05, 0.1) is 21.8 Å². The number of nitriles is 1. The molecule has 0 radical (unpaired) electrons. The van der Waals surface area contributed by atoms with Crippen LogP contribution in [0.15, 0.2) is 42.5 Å². The van der Waals surface area contributed by atoms with Gasteiger partial charge in [0.1, 0.15) is 0 Å². The van der Waals surface area contributed by atoms with Crippen molar-refractivity contribution in [3.63, 3.8) is 0 Å². The highest BCUT2D eigenvalue weighted by atomic mass is 32.1. The summed E-state index contributed by atoms with van der Waals surface area (Å²) in [7, 11) is 0. The van der Waals surface area contributed by atoms with Crippen LogP contribution in [0.3, 0.4) is 0 Å². The lowest BCUT2D eigenvalue weighted by Crippen LogP contribution is -2.48. The highest BCUT2D eigenvalue weighted by Crippen LogP contribution is 2.31.